The van der Waals surface area contributed by atoms with Crippen molar-refractivity contribution in [2.45, 2.75) is 6.18 Å². The van der Waals surface area contributed by atoms with Crippen LogP contribution in [0.25, 0.3) is 0 Å². The van der Waals surface area contributed by atoms with Crippen LogP contribution in [0.5, 0.6) is 0 Å². The van der Waals surface area contributed by atoms with Crippen molar-refractivity contribution in [3.63, 3.8) is 0 Å². The van der Waals surface area contributed by atoms with Crippen molar-refractivity contribution >= 4 is 17.6 Å². The van der Waals surface area contributed by atoms with Crippen molar-refractivity contribution < 1.29 is 23.1 Å². The lowest BCUT2D eigenvalue weighted by atomic mass is 10.3. The molecule has 0 fully saturated rings. The second-order valence-electron chi connectivity index (χ2n) is 2.21. The summed E-state index contributed by atoms with van der Waals surface area (Å²) in [7, 11) is 0. The summed E-state index contributed by atoms with van der Waals surface area (Å²) in [6.45, 7) is 0. The summed E-state index contributed by atoms with van der Waals surface area (Å²) in [6.07, 6.45) is -4.74. The molecule has 1 N–H and O–H groups in total. The van der Waals surface area contributed by atoms with E-state index in [0.717, 1.165) is 0 Å². The van der Waals surface area contributed by atoms with Gasteiger partial charge in [0.15, 0.2) is 5.69 Å². The first-order valence-corrected chi connectivity index (χ1v) is 3.53. The Kier molecular flexibility index (Phi) is 2.61. The minimum Gasteiger partial charge on any atom is -0.477 e. The van der Waals surface area contributed by atoms with Gasteiger partial charge in [-0.15, -0.1) is 0 Å². The number of alkyl halides is 3. The summed E-state index contributed by atoms with van der Waals surface area (Å²) in [5, 5.41) is 7.63. The number of halogens is 4. The number of hydrogen-bond donors (Lipinski definition) is 1. The molecule has 0 bridgehead atoms. The SMILES string of the molecule is O=C(O)c1cc(C(F)(F)F)nc(Cl)n1. The molecule has 0 atom stereocenters. The zero-order chi connectivity index (χ0) is 10.9. The van der Waals surface area contributed by atoms with Crippen molar-refractivity contribution in [3.05, 3.63) is 22.7 Å². The maximum absolute atomic E-state index is 12.1. The molecule has 1 aromatic rings. The zero-order valence-electron chi connectivity index (χ0n) is 6.34. The maximum atomic E-state index is 12.1. The smallest absolute Gasteiger partial charge is 0.433 e. The zero-order valence-corrected chi connectivity index (χ0v) is 7.10. The van der Waals surface area contributed by atoms with E-state index in [1.54, 1.807) is 0 Å². The first-order chi connectivity index (χ1) is 6.30. The first kappa shape index (κ1) is 10.7. The Labute approximate surface area is 80.4 Å². The Morgan fingerprint density at radius 1 is 1.43 bits per heavy atom. The van der Waals surface area contributed by atoms with Crippen LogP contribution >= 0.6 is 11.6 Å². The molecule has 14 heavy (non-hydrogen) atoms. The average molecular weight is 227 g/mol. The Hall–Kier alpha value is -1.37. The summed E-state index contributed by atoms with van der Waals surface area (Å²) in [5.74, 6) is -1.60. The van der Waals surface area contributed by atoms with E-state index in [-0.39, 0.29) is 0 Å². The van der Waals surface area contributed by atoms with Gasteiger partial charge in [-0.1, -0.05) is 0 Å². The second-order valence-corrected chi connectivity index (χ2v) is 2.55. The fourth-order valence-corrected chi connectivity index (χ4v) is 0.855. The largest absolute Gasteiger partial charge is 0.477 e. The highest BCUT2D eigenvalue weighted by molar-refractivity contribution is 6.28. The molecule has 4 nitrogen and oxygen atoms in total. The van der Waals surface area contributed by atoms with Crippen molar-refractivity contribution in [1.29, 1.82) is 0 Å². The molecule has 0 unspecified atom stereocenters. The molecule has 0 spiro atoms. The van der Waals surface area contributed by atoms with Crippen molar-refractivity contribution in [2.24, 2.45) is 0 Å². The molecule has 1 rings (SSSR count). The molecule has 0 saturated carbocycles. The van der Waals surface area contributed by atoms with Gasteiger partial charge in [0.25, 0.3) is 0 Å². The van der Waals surface area contributed by atoms with Crippen LogP contribution in [0.4, 0.5) is 13.2 Å². The number of aromatic nitrogens is 2. The number of nitrogens with zero attached hydrogens (tertiary/aromatic N) is 2. The highest BCUT2D eigenvalue weighted by Gasteiger charge is 2.34. The number of aromatic carboxylic acids is 1. The van der Waals surface area contributed by atoms with Crippen LogP contribution in [0.3, 0.4) is 0 Å². The molecule has 0 aromatic carbocycles. The van der Waals surface area contributed by atoms with Gasteiger partial charge in [0, 0.05) is 6.07 Å². The highest BCUT2D eigenvalue weighted by atomic mass is 35.5. The number of rotatable bonds is 1. The summed E-state index contributed by atoms with van der Waals surface area (Å²) >= 11 is 5.11. The number of carboxylic acids is 1. The molecule has 0 aliphatic carbocycles. The van der Waals surface area contributed by atoms with Crippen LogP contribution in [0.1, 0.15) is 16.2 Å². The molecule has 76 valence electrons. The molecule has 1 heterocycles. The number of carboxylic acid groups (broad SMARTS) is 1. The lowest BCUT2D eigenvalue weighted by Crippen LogP contribution is -2.12. The fraction of sp³-hybridized carbons (Fsp3) is 0.167. The molecule has 0 aliphatic heterocycles. The van der Waals surface area contributed by atoms with Crippen LogP contribution in [-0.4, -0.2) is 21.0 Å². The third-order valence-corrected chi connectivity index (χ3v) is 1.38. The predicted molar refractivity (Wildman–Crippen MR) is 39.0 cm³/mol. The first-order valence-electron chi connectivity index (χ1n) is 3.16. The minimum absolute atomic E-state index is 0.314. The van der Waals surface area contributed by atoms with E-state index in [1.165, 1.54) is 0 Å². The van der Waals surface area contributed by atoms with Gasteiger partial charge in [-0.3, -0.25) is 0 Å². The van der Waals surface area contributed by atoms with E-state index in [0.29, 0.717) is 6.07 Å². The Morgan fingerprint density at radius 3 is 2.43 bits per heavy atom. The summed E-state index contributed by atoms with van der Waals surface area (Å²) in [6, 6.07) is 0.314. The van der Waals surface area contributed by atoms with Gasteiger partial charge in [0.2, 0.25) is 5.28 Å². The molecular weight excluding hydrogens is 225 g/mol. The molecular formula is C6H2ClF3N2O2. The third-order valence-electron chi connectivity index (χ3n) is 1.21. The van der Waals surface area contributed by atoms with Gasteiger partial charge in [-0.05, 0) is 11.6 Å². The fourth-order valence-electron chi connectivity index (χ4n) is 0.673. The van der Waals surface area contributed by atoms with Crippen LogP contribution < -0.4 is 0 Å². The summed E-state index contributed by atoms with van der Waals surface area (Å²) in [4.78, 5) is 16.3. The second kappa shape index (κ2) is 3.41. The van der Waals surface area contributed by atoms with E-state index in [4.69, 9.17) is 16.7 Å². The Bertz CT molecular complexity index is 380. The predicted octanol–water partition coefficient (Wildman–Crippen LogP) is 1.85. The topological polar surface area (TPSA) is 63.1 Å². The van der Waals surface area contributed by atoms with Crippen molar-refractivity contribution in [1.82, 2.24) is 9.97 Å². The Balaban J connectivity index is 3.28. The third kappa shape index (κ3) is 2.32. The summed E-state index contributed by atoms with van der Waals surface area (Å²) in [5.41, 5.74) is -2.17. The normalized spacial score (nSPS) is 11.4. The van der Waals surface area contributed by atoms with Crippen LogP contribution in [-0.2, 0) is 6.18 Å². The monoisotopic (exact) mass is 226 g/mol. The van der Waals surface area contributed by atoms with Crippen LogP contribution in [0, 0.1) is 0 Å². The molecule has 1 aromatic heterocycles. The average Bonchev–Trinajstić information content (AvgIpc) is 2.01. The van der Waals surface area contributed by atoms with Gasteiger partial charge in [0.1, 0.15) is 5.69 Å². The molecule has 8 heteroatoms. The lowest BCUT2D eigenvalue weighted by molar-refractivity contribution is -0.141. The molecule has 0 saturated heterocycles. The van der Waals surface area contributed by atoms with Gasteiger partial charge in [0.05, 0.1) is 0 Å². The minimum atomic E-state index is -4.74. The van der Waals surface area contributed by atoms with Crippen molar-refractivity contribution in [2.75, 3.05) is 0 Å². The van der Waals surface area contributed by atoms with E-state index in [1.807, 2.05) is 0 Å². The van der Waals surface area contributed by atoms with Crippen LogP contribution in [0.2, 0.25) is 5.28 Å². The van der Waals surface area contributed by atoms with Gasteiger partial charge in [-0.25, -0.2) is 14.8 Å². The van der Waals surface area contributed by atoms with E-state index >= 15 is 0 Å². The highest BCUT2D eigenvalue weighted by Crippen LogP contribution is 2.28. The number of hydrogen-bond acceptors (Lipinski definition) is 3. The summed E-state index contributed by atoms with van der Waals surface area (Å²) < 4.78 is 36.2. The quantitative estimate of drug-likeness (QED) is 0.742. The molecule has 0 aliphatic rings. The maximum Gasteiger partial charge on any atom is 0.433 e. The molecule has 0 amide bonds. The van der Waals surface area contributed by atoms with Gasteiger partial charge in [-0.2, -0.15) is 13.2 Å². The molecule has 0 radical (unpaired) electrons. The van der Waals surface area contributed by atoms with E-state index in [2.05, 4.69) is 9.97 Å². The Morgan fingerprint density at radius 2 is 2.00 bits per heavy atom. The van der Waals surface area contributed by atoms with E-state index < -0.39 is 28.8 Å². The van der Waals surface area contributed by atoms with Gasteiger partial charge >= 0.3 is 12.1 Å². The van der Waals surface area contributed by atoms with Gasteiger partial charge < -0.3 is 5.11 Å². The van der Waals surface area contributed by atoms with E-state index in [9.17, 15) is 18.0 Å². The lowest BCUT2D eigenvalue weighted by Gasteiger charge is -2.05. The number of carbonyl (C=O) groups is 1. The van der Waals surface area contributed by atoms with Crippen molar-refractivity contribution in [3.8, 4) is 0 Å². The van der Waals surface area contributed by atoms with Crippen LogP contribution in [0.15, 0.2) is 6.07 Å². The standard InChI is InChI=1S/C6H2ClF3N2O2/c7-5-11-2(4(13)14)1-3(12-5)6(8,9)10/h1H,(H,13,14).